The summed E-state index contributed by atoms with van der Waals surface area (Å²) in [6.45, 7) is 4.03. The third-order valence-corrected chi connectivity index (χ3v) is 5.77. The molecule has 0 aromatic carbocycles. The summed E-state index contributed by atoms with van der Waals surface area (Å²) in [5.41, 5.74) is 0.890. The molecule has 0 saturated heterocycles. The fraction of sp³-hybridized carbons (Fsp3) is 0.357. The Balaban J connectivity index is 0.00000192. The number of halogens is 2. The van der Waals surface area contributed by atoms with E-state index in [1.165, 1.54) is 11.3 Å². The van der Waals surface area contributed by atoms with Crippen LogP contribution in [-0.4, -0.2) is 28.2 Å². The minimum atomic E-state index is 0. The second-order valence-electron chi connectivity index (χ2n) is 4.95. The highest BCUT2D eigenvalue weighted by molar-refractivity contribution is 7.25. The van der Waals surface area contributed by atoms with Crippen LogP contribution in [0.1, 0.15) is 18.4 Å². The van der Waals surface area contributed by atoms with Gasteiger partial charge in [-0.15, -0.1) is 35.1 Å². The van der Waals surface area contributed by atoms with Gasteiger partial charge in [0, 0.05) is 12.5 Å². The lowest BCUT2D eigenvalue weighted by Gasteiger charge is -2.04. The van der Waals surface area contributed by atoms with E-state index in [1.54, 1.807) is 11.3 Å². The van der Waals surface area contributed by atoms with Crippen molar-refractivity contribution in [3.63, 3.8) is 0 Å². The molecule has 9 heteroatoms. The highest BCUT2D eigenvalue weighted by Crippen LogP contribution is 2.38. The molecule has 3 heterocycles. The number of likely N-dealkylation sites (N-methyl/N-ethyl adjacent to an activating group) is 1. The Bertz CT molecular complexity index is 783. The van der Waals surface area contributed by atoms with Gasteiger partial charge in [0.15, 0.2) is 5.82 Å². The number of nitrogens with zero attached hydrogens (tertiary/aromatic N) is 3. The fourth-order valence-electron chi connectivity index (χ4n) is 1.93. The molecule has 0 spiro atoms. The standard InChI is InChI=1S/C14H15ClN4OS2.ClH/c1-7(16-3)6-11-18-13(20-19-11)12-8(2)17-14(22-12)9-4-5-10(15)21-9;/h4-5,7,16H,6H2,1-3H3;1H. The number of hydrogen-bond acceptors (Lipinski definition) is 7. The van der Waals surface area contributed by atoms with Gasteiger partial charge in [-0.1, -0.05) is 16.8 Å². The van der Waals surface area contributed by atoms with Crippen LogP contribution in [-0.2, 0) is 6.42 Å². The number of nitrogens with one attached hydrogen (secondary N) is 1. The van der Waals surface area contributed by atoms with Crippen LogP contribution in [0, 0.1) is 6.92 Å². The number of thiophene rings is 1. The van der Waals surface area contributed by atoms with Gasteiger partial charge in [-0.2, -0.15) is 4.98 Å². The van der Waals surface area contributed by atoms with E-state index in [-0.39, 0.29) is 12.4 Å². The summed E-state index contributed by atoms with van der Waals surface area (Å²) in [5, 5.41) is 8.13. The normalized spacial score (nSPS) is 12.2. The van der Waals surface area contributed by atoms with Crippen LogP contribution in [0.3, 0.4) is 0 Å². The third kappa shape index (κ3) is 4.10. The lowest BCUT2D eigenvalue weighted by atomic mass is 10.2. The van der Waals surface area contributed by atoms with Crippen molar-refractivity contribution in [1.82, 2.24) is 20.4 Å². The van der Waals surface area contributed by atoms with E-state index in [9.17, 15) is 0 Å². The zero-order chi connectivity index (χ0) is 15.7. The summed E-state index contributed by atoms with van der Waals surface area (Å²) in [5.74, 6) is 1.23. The summed E-state index contributed by atoms with van der Waals surface area (Å²) in [7, 11) is 1.91. The van der Waals surface area contributed by atoms with Crippen LogP contribution in [0.5, 0.6) is 0 Å². The Labute approximate surface area is 153 Å². The molecule has 0 bridgehead atoms. The smallest absolute Gasteiger partial charge is 0.269 e. The number of aromatic nitrogens is 3. The first-order valence-corrected chi connectivity index (χ1v) is 8.81. The molecule has 0 aliphatic heterocycles. The Kier molecular flexibility index (Phi) is 6.16. The predicted octanol–water partition coefficient (Wildman–Crippen LogP) is 4.46. The van der Waals surface area contributed by atoms with E-state index < -0.39 is 0 Å². The van der Waals surface area contributed by atoms with Crippen molar-refractivity contribution in [3.05, 3.63) is 28.0 Å². The average Bonchev–Trinajstić information content (AvgIpc) is 3.19. The summed E-state index contributed by atoms with van der Waals surface area (Å²) >= 11 is 9.05. The largest absolute Gasteiger partial charge is 0.333 e. The lowest BCUT2D eigenvalue weighted by molar-refractivity contribution is 0.418. The molecule has 0 saturated carbocycles. The molecule has 1 N–H and O–H groups in total. The van der Waals surface area contributed by atoms with Gasteiger partial charge >= 0.3 is 0 Å². The molecule has 124 valence electrons. The quantitative estimate of drug-likeness (QED) is 0.696. The molecule has 1 unspecified atom stereocenters. The highest BCUT2D eigenvalue weighted by atomic mass is 35.5. The van der Waals surface area contributed by atoms with Crippen molar-refractivity contribution in [3.8, 4) is 20.7 Å². The first-order valence-electron chi connectivity index (χ1n) is 6.80. The van der Waals surface area contributed by atoms with Crippen molar-refractivity contribution in [2.75, 3.05) is 7.05 Å². The molecular weight excluding hydrogens is 375 g/mol. The minimum absolute atomic E-state index is 0. The molecule has 1 atom stereocenters. The van der Waals surface area contributed by atoms with Gasteiger partial charge in [-0.3, -0.25) is 0 Å². The van der Waals surface area contributed by atoms with Gasteiger partial charge in [-0.05, 0) is 33.0 Å². The molecule has 3 aromatic rings. The van der Waals surface area contributed by atoms with Gasteiger partial charge in [0.05, 0.1) is 14.9 Å². The van der Waals surface area contributed by atoms with E-state index in [0.717, 1.165) is 31.2 Å². The number of hydrogen-bond donors (Lipinski definition) is 1. The molecule has 0 aliphatic rings. The molecule has 0 fully saturated rings. The van der Waals surface area contributed by atoms with Crippen LogP contribution >= 0.6 is 46.7 Å². The molecule has 3 rings (SSSR count). The Morgan fingerprint density at radius 3 is 2.74 bits per heavy atom. The number of aryl methyl sites for hydroxylation is 1. The van der Waals surface area contributed by atoms with E-state index >= 15 is 0 Å². The van der Waals surface area contributed by atoms with E-state index in [0.29, 0.717) is 17.8 Å². The third-order valence-electron chi connectivity index (χ3n) is 3.22. The lowest BCUT2D eigenvalue weighted by Crippen LogP contribution is -2.24. The highest BCUT2D eigenvalue weighted by Gasteiger charge is 2.18. The maximum atomic E-state index is 5.99. The van der Waals surface area contributed by atoms with E-state index in [2.05, 4.69) is 27.4 Å². The van der Waals surface area contributed by atoms with Crippen molar-refractivity contribution < 1.29 is 4.52 Å². The Morgan fingerprint density at radius 2 is 2.09 bits per heavy atom. The van der Waals surface area contributed by atoms with Crippen LogP contribution < -0.4 is 5.32 Å². The van der Waals surface area contributed by atoms with Gasteiger partial charge in [0.2, 0.25) is 0 Å². The maximum Gasteiger partial charge on any atom is 0.269 e. The Morgan fingerprint density at radius 1 is 1.30 bits per heavy atom. The topological polar surface area (TPSA) is 63.8 Å². The predicted molar refractivity (Wildman–Crippen MR) is 97.9 cm³/mol. The average molecular weight is 391 g/mol. The van der Waals surface area contributed by atoms with Gasteiger partial charge in [0.25, 0.3) is 5.89 Å². The number of thiazole rings is 1. The summed E-state index contributed by atoms with van der Waals surface area (Å²) < 4.78 is 6.15. The fourth-order valence-corrected chi connectivity index (χ4v) is 4.02. The molecule has 5 nitrogen and oxygen atoms in total. The van der Waals surface area contributed by atoms with E-state index in [4.69, 9.17) is 16.1 Å². The first kappa shape index (κ1) is 18.4. The molecule has 23 heavy (non-hydrogen) atoms. The first-order chi connectivity index (χ1) is 10.6. The zero-order valence-corrected chi connectivity index (χ0v) is 16.0. The number of rotatable bonds is 5. The zero-order valence-electron chi connectivity index (χ0n) is 12.8. The van der Waals surface area contributed by atoms with Gasteiger partial charge in [-0.25, -0.2) is 4.98 Å². The molecule has 0 radical (unpaired) electrons. The van der Waals surface area contributed by atoms with E-state index in [1.807, 2.05) is 26.1 Å². The summed E-state index contributed by atoms with van der Waals surface area (Å²) in [4.78, 5) is 11.0. The van der Waals surface area contributed by atoms with Crippen LogP contribution in [0.15, 0.2) is 16.7 Å². The van der Waals surface area contributed by atoms with Crippen molar-refractivity contribution in [2.45, 2.75) is 26.3 Å². The second kappa shape index (κ2) is 7.72. The van der Waals surface area contributed by atoms with Gasteiger partial charge < -0.3 is 9.84 Å². The summed E-state index contributed by atoms with van der Waals surface area (Å²) in [6, 6.07) is 4.15. The summed E-state index contributed by atoms with van der Waals surface area (Å²) in [6.07, 6.45) is 0.727. The van der Waals surface area contributed by atoms with Crippen LogP contribution in [0.2, 0.25) is 4.34 Å². The van der Waals surface area contributed by atoms with Crippen molar-refractivity contribution in [2.24, 2.45) is 0 Å². The maximum absolute atomic E-state index is 5.99. The SMILES string of the molecule is CNC(C)Cc1noc(-c2sc(-c3ccc(Cl)s3)nc2C)n1.Cl. The van der Waals surface area contributed by atoms with Crippen molar-refractivity contribution >= 4 is 46.7 Å². The molecular formula is C14H16Cl2N4OS2. The Hall–Kier alpha value is -0.990. The second-order valence-corrected chi connectivity index (χ2v) is 7.66. The molecule has 0 amide bonds. The molecule has 0 aliphatic carbocycles. The van der Waals surface area contributed by atoms with Crippen LogP contribution in [0.25, 0.3) is 20.7 Å². The van der Waals surface area contributed by atoms with Crippen LogP contribution in [0.4, 0.5) is 0 Å². The van der Waals surface area contributed by atoms with Gasteiger partial charge in [0.1, 0.15) is 9.88 Å². The van der Waals surface area contributed by atoms with Crippen molar-refractivity contribution in [1.29, 1.82) is 0 Å². The molecule has 3 aromatic heterocycles. The monoisotopic (exact) mass is 390 g/mol. The minimum Gasteiger partial charge on any atom is -0.333 e.